The second-order valence-corrected chi connectivity index (χ2v) is 8.42. The molecule has 0 spiro atoms. The van der Waals surface area contributed by atoms with Gasteiger partial charge in [0.2, 0.25) is 11.8 Å². The predicted molar refractivity (Wildman–Crippen MR) is 128 cm³/mol. The number of benzene rings is 1. The van der Waals surface area contributed by atoms with Gasteiger partial charge in [-0.25, -0.2) is 9.59 Å². The molecule has 35 heavy (non-hydrogen) atoms. The number of nitrogens with zero attached hydrogens (tertiary/aromatic N) is 2. The molecule has 1 aliphatic rings. The summed E-state index contributed by atoms with van der Waals surface area (Å²) in [6, 6.07) is 4.82. The topological polar surface area (TPSA) is 148 Å². The number of unbranched alkanes of at least 4 members (excludes halogenated alkanes) is 2. The quantitative estimate of drug-likeness (QED) is 0.346. The number of aromatic hydroxyl groups is 1. The lowest BCUT2D eigenvalue weighted by molar-refractivity contribution is 0.378. The lowest BCUT2D eigenvalue weighted by atomic mass is 9.84. The van der Waals surface area contributed by atoms with Gasteiger partial charge in [0.05, 0.1) is 24.2 Å². The minimum absolute atomic E-state index is 0.0112. The Morgan fingerprint density at radius 3 is 2.29 bits per heavy atom. The number of rotatable bonds is 8. The van der Waals surface area contributed by atoms with Gasteiger partial charge < -0.3 is 14.6 Å². The first-order valence-electron chi connectivity index (χ1n) is 11.6. The Kier molecular flexibility index (Phi) is 6.68. The highest BCUT2D eigenvalue weighted by molar-refractivity contribution is 5.58. The van der Waals surface area contributed by atoms with Crippen molar-refractivity contribution in [2.24, 2.45) is 0 Å². The Bertz CT molecular complexity index is 1490. The van der Waals surface area contributed by atoms with Crippen LogP contribution in [0, 0.1) is 0 Å². The molecular weight excluding hydrogens is 456 g/mol. The zero-order valence-corrected chi connectivity index (χ0v) is 19.8. The molecule has 1 aromatic carbocycles. The van der Waals surface area contributed by atoms with Gasteiger partial charge in [-0.1, -0.05) is 26.7 Å². The molecule has 11 nitrogen and oxygen atoms in total. The Balaban J connectivity index is 2.08. The first kappa shape index (κ1) is 24.1. The van der Waals surface area contributed by atoms with Gasteiger partial charge in [-0.2, -0.15) is 0 Å². The SMILES string of the molecule is CCCCn1c(O)c(C2c3cc(OC)ccc3Oc3[nH]c(=O)n(CCCC)c(=O)c32)c(=O)[nH]c1=O. The number of nitrogens with one attached hydrogen (secondary N) is 2. The van der Waals surface area contributed by atoms with Crippen LogP contribution in [0.4, 0.5) is 0 Å². The maximum Gasteiger partial charge on any atom is 0.331 e. The van der Waals surface area contributed by atoms with Crippen LogP contribution in [0.1, 0.15) is 62.1 Å². The van der Waals surface area contributed by atoms with E-state index in [4.69, 9.17) is 9.47 Å². The van der Waals surface area contributed by atoms with Gasteiger partial charge in [0, 0.05) is 18.7 Å². The number of hydrogen-bond donors (Lipinski definition) is 3. The van der Waals surface area contributed by atoms with E-state index in [9.17, 15) is 24.3 Å². The van der Waals surface area contributed by atoms with Crippen LogP contribution < -0.4 is 32.0 Å². The highest BCUT2D eigenvalue weighted by Gasteiger charge is 2.38. The van der Waals surface area contributed by atoms with Gasteiger partial charge >= 0.3 is 11.4 Å². The molecule has 11 heteroatoms. The van der Waals surface area contributed by atoms with Gasteiger partial charge in [-0.15, -0.1) is 0 Å². The van der Waals surface area contributed by atoms with Crippen LogP contribution in [-0.4, -0.2) is 31.3 Å². The maximum absolute atomic E-state index is 13.6. The predicted octanol–water partition coefficient (Wildman–Crippen LogP) is 1.99. The summed E-state index contributed by atoms with van der Waals surface area (Å²) in [5.74, 6) is -1.06. The Hall–Kier alpha value is -4.02. The molecule has 2 aromatic heterocycles. The second-order valence-electron chi connectivity index (χ2n) is 8.42. The van der Waals surface area contributed by atoms with E-state index in [0.717, 1.165) is 22.0 Å². The third-order valence-electron chi connectivity index (χ3n) is 6.18. The van der Waals surface area contributed by atoms with Crippen LogP contribution in [0.3, 0.4) is 0 Å². The molecule has 3 aromatic rings. The standard InChI is InChI=1S/C24H28N4O7/c1-4-6-10-27-21(30)17(19(29)25-23(27)32)16-14-12-13(34-3)8-9-15(14)35-20-18(16)22(31)28(11-7-5-2)24(33)26-20/h8-9,12,16,30H,4-7,10-11H2,1-3H3,(H,26,33)(H,25,29,32). The highest BCUT2D eigenvalue weighted by atomic mass is 16.5. The van der Waals surface area contributed by atoms with Gasteiger partial charge in [-0.05, 0) is 31.0 Å². The third kappa shape index (κ3) is 4.17. The summed E-state index contributed by atoms with van der Waals surface area (Å²) in [5, 5.41) is 11.2. The number of methoxy groups -OCH3 is 1. The molecule has 0 amide bonds. The molecule has 0 saturated carbocycles. The van der Waals surface area contributed by atoms with Crippen molar-refractivity contribution >= 4 is 0 Å². The molecule has 0 radical (unpaired) electrons. The molecule has 3 heterocycles. The number of aromatic amines is 2. The fraction of sp³-hybridized carbons (Fsp3) is 0.417. The first-order chi connectivity index (χ1) is 16.8. The van der Waals surface area contributed by atoms with E-state index in [1.54, 1.807) is 18.2 Å². The van der Waals surface area contributed by atoms with Crippen molar-refractivity contribution in [1.29, 1.82) is 0 Å². The summed E-state index contributed by atoms with van der Waals surface area (Å²) in [4.78, 5) is 56.7. The number of H-pyrrole nitrogens is 2. The third-order valence-corrected chi connectivity index (χ3v) is 6.18. The van der Waals surface area contributed by atoms with Gasteiger partial charge in [0.1, 0.15) is 11.5 Å². The van der Waals surface area contributed by atoms with E-state index in [1.807, 2.05) is 13.8 Å². The monoisotopic (exact) mass is 484 g/mol. The molecule has 0 aliphatic carbocycles. The van der Waals surface area contributed by atoms with E-state index in [2.05, 4.69) is 9.97 Å². The largest absolute Gasteiger partial charge is 0.497 e. The van der Waals surface area contributed by atoms with Crippen LogP contribution in [0.2, 0.25) is 0 Å². The van der Waals surface area contributed by atoms with Crippen molar-refractivity contribution in [3.05, 3.63) is 76.6 Å². The van der Waals surface area contributed by atoms with Crippen molar-refractivity contribution in [1.82, 2.24) is 19.1 Å². The van der Waals surface area contributed by atoms with Crippen LogP contribution in [-0.2, 0) is 13.1 Å². The number of aromatic nitrogens is 4. The molecule has 0 fully saturated rings. The fourth-order valence-corrected chi connectivity index (χ4v) is 4.32. The lowest BCUT2D eigenvalue weighted by Crippen LogP contribution is -2.41. The molecule has 4 rings (SSSR count). The second kappa shape index (κ2) is 9.69. The molecule has 1 atom stereocenters. The van der Waals surface area contributed by atoms with Crippen LogP contribution in [0.25, 0.3) is 0 Å². The van der Waals surface area contributed by atoms with E-state index >= 15 is 0 Å². The first-order valence-corrected chi connectivity index (χ1v) is 11.6. The fourth-order valence-electron chi connectivity index (χ4n) is 4.32. The molecule has 1 unspecified atom stereocenters. The normalized spacial score (nSPS) is 14.2. The van der Waals surface area contributed by atoms with E-state index in [0.29, 0.717) is 24.2 Å². The van der Waals surface area contributed by atoms with Crippen LogP contribution >= 0.6 is 0 Å². The Morgan fingerprint density at radius 1 is 0.971 bits per heavy atom. The number of ether oxygens (including phenoxy) is 2. The van der Waals surface area contributed by atoms with Gasteiger partial charge in [0.25, 0.3) is 11.1 Å². The minimum atomic E-state index is -1.13. The molecule has 0 saturated heterocycles. The summed E-state index contributed by atoms with van der Waals surface area (Å²) >= 11 is 0. The smallest absolute Gasteiger partial charge is 0.331 e. The van der Waals surface area contributed by atoms with Crippen molar-refractivity contribution in [3.8, 4) is 23.3 Å². The molecule has 3 N–H and O–H groups in total. The summed E-state index contributed by atoms with van der Waals surface area (Å²) in [6.45, 7) is 4.22. The Morgan fingerprint density at radius 2 is 1.63 bits per heavy atom. The zero-order valence-electron chi connectivity index (χ0n) is 19.8. The molecule has 1 aliphatic heterocycles. The summed E-state index contributed by atoms with van der Waals surface area (Å²) in [5.41, 5.74) is -2.68. The molecule has 0 bridgehead atoms. The average molecular weight is 485 g/mol. The average Bonchev–Trinajstić information content (AvgIpc) is 2.83. The number of hydrogen-bond acceptors (Lipinski definition) is 7. The summed E-state index contributed by atoms with van der Waals surface area (Å²) in [6.07, 6.45) is 2.69. The van der Waals surface area contributed by atoms with Crippen molar-refractivity contribution in [2.75, 3.05) is 7.11 Å². The van der Waals surface area contributed by atoms with E-state index < -0.39 is 34.3 Å². The van der Waals surface area contributed by atoms with Gasteiger partial charge in [0.15, 0.2) is 0 Å². The van der Waals surface area contributed by atoms with Gasteiger partial charge in [-0.3, -0.25) is 28.7 Å². The zero-order chi connectivity index (χ0) is 25.3. The highest BCUT2D eigenvalue weighted by Crippen LogP contribution is 2.46. The van der Waals surface area contributed by atoms with Crippen LogP contribution in [0.15, 0.2) is 37.4 Å². The lowest BCUT2D eigenvalue weighted by Gasteiger charge is -2.28. The number of fused-ring (bicyclic) bond motifs is 2. The van der Waals surface area contributed by atoms with Crippen molar-refractivity contribution < 1.29 is 14.6 Å². The van der Waals surface area contributed by atoms with E-state index in [-0.39, 0.29) is 35.8 Å². The van der Waals surface area contributed by atoms with Crippen LogP contribution in [0.5, 0.6) is 23.3 Å². The van der Waals surface area contributed by atoms with Crippen molar-refractivity contribution in [3.63, 3.8) is 0 Å². The van der Waals surface area contributed by atoms with Crippen molar-refractivity contribution in [2.45, 2.75) is 58.5 Å². The summed E-state index contributed by atoms with van der Waals surface area (Å²) < 4.78 is 13.3. The maximum atomic E-state index is 13.6. The molecule has 186 valence electrons. The Labute approximate surface area is 199 Å². The molecular formula is C24H28N4O7. The summed E-state index contributed by atoms with van der Waals surface area (Å²) in [7, 11) is 1.47. The van der Waals surface area contributed by atoms with E-state index in [1.165, 1.54) is 7.11 Å². The minimum Gasteiger partial charge on any atom is -0.497 e.